The number of amides is 2. The Morgan fingerprint density at radius 2 is 1.40 bits per heavy atom. The van der Waals surface area contributed by atoms with Crippen LogP contribution in [0.5, 0.6) is 0 Å². The van der Waals surface area contributed by atoms with E-state index in [0.717, 1.165) is 81.4 Å². The molecule has 1 aliphatic carbocycles. The fourth-order valence-corrected chi connectivity index (χ4v) is 6.75. The average molecular weight is 573 g/mol. The second-order valence-electron chi connectivity index (χ2n) is 11.8. The van der Waals surface area contributed by atoms with Crippen molar-refractivity contribution in [3.63, 3.8) is 0 Å². The molecule has 220 valence electrons. The molecule has 0 bridgehead atoms. The first-order chi connectivity index (χ1) is 20.3. The molecule has 2 amide bonds. The molecule has 3 aliphatic heterocycles. The molecule has 2 saturated heterocycles. The van der Waals surface area contributed by atoms with Crippen LogP contribution in [0.25, 0.3) is 0 Å². The van der Waals surface area contributed by atoms with Crippen molar-refractivity contribution in [2.45, 2.75) is 44.6 Å². The third-order valence-corrected chi connectivity index (χ3v) is 9.34. The lowest BCUT2D eigenvalue weighted by Crippen LogP contribution is -2.47. The van der Waals surface area contributed by atoms with Gasteiger partial charge in [0, 0.05) is 57.1 Å². The van der Waals surface area contributed by atoms with Crippen molar-refractivity contribution < 1.29 is 29.1 Å². The van der Waals surface area contributed by atoms with E-state index in [9.17, 15) is 24.0 Å². The number of hydrogen-bond donors (Lipinski definition) is 1. The lowest BCUT2D eigenvalue weighted by atomic mass is 9.92. The summed E-state index contributed by atoms with van der Waals surface area (Å²) in [7, 11) is 0. The van der Waals surface area contributed by atoms with E-state index in [0.29, 0.717) is 22.6 Å². The van der Waals surface area contributed by atoms with E-state index in [1.165, 1.54) is 0 Å². The van der Waals surface area contributed by atoms with Crippen molar-refractivity contribution in [1.29, 1.82) is 0 Å². The molecule has 2 aromatic rings. The molecule has 10 nitrogen and oxygen atoms in total. The Labute approximate surface area is 244 Å². The number of carbonyl (C=O) groups excluding carboxylic acids is 4. The fraction of sp³-hybridized carbons (Fsp3) is 0.469. The topological polar surface area (TPSA) is 119 Å². The van der Waals surface area contributed by atoms with Crippen LogP contribution < -0.4 is 9.80 Å². The highest BCUT2D eigenvalue weighted by molar-refractivity contribution is 6.24. The zero-order chi connectivity index (χ0) is 29.4. The van der Waals surface area contributed by atoms with Crippen LogP contribution in [0.4, 0.5) is 11.4 Å². The Morgan fingerprint density at radius 3 is 2.07 bits per heavy atom. The molecule has 3 heterocycles. The lowest BCUT2D eigenvalue weighted by Gasteiger charge is -2.38. The van der Waals surface area contributed by atoms with Gasteiger partial charge in [0.25, 0.3) is 11.8 Å². The lowest BCUT2D eigenvalue weighted by molar-refractivity contribution is -0.132. The molecule has 1 unspecified atom stereocenters. The number of imide groups is 1. The average Bonchev–Trinajstić information content (AvgIpc) is 3.25. The number of fused-ring (bicyclic) bond motifs is 1. The van der Waals surface area contributed by atoms with Crippen LogP contribution in [0, 0.1) is 5.92 Å². The Hall–Kier alpha value is -4.05. The van der Waals surface area contributed by atoms with E-state index < -0.39 is 23.8 Å². The van der Waals surface area contributed by atoms with Gasteiger partial charge < -0.3 is 14.9 Å². The van der Waals surface area contributed by atoms with E-state index in [2.05, 4.69) is 14.7 Å². The highest BCUT2D eigenvalue weighted by Crippen LogP contribution is 2.32. The predicted molar refractivity (Wildman–Crippen MR) is 156 cm³/mol. The number of carboxylic acid groups (broad SMARTS) is 1. The van der Waals surface area contributed by atoms with Crippen molar-refractivity contribution in [2.75, 3.05) is 55.6 Å². The maximum absolute atomic E-state index is 13.2. The maximum Gasteiger partial charge on any atom is 0.335 e. The number of nitrogens with zero attached hydrogens (tertiary/aromatic N) is 4. The summed E-state index contributed by atoms with van der Waals surface area (Å²) in [6, 6.07) is 11.7. The fourth-order valence-electron chi connectivity index (χ4n) is 6.75. The zero-order valence-corrected chi connectivity index (χ0v) is 23.7. The van der Waals surface area contributed by atoms with E-state index in [4.69, 9.17) is 5.11 Å². The number of Topliss-reactive ketones (excluding diaryl/α,β-unsaturated/α-hetero) is 2. The second kappa shape index (κ2) is 11.7. The van der Waals surface area contributed by atoms with E-state index in [1.807, 2.05) is 18.2 Å². The summed E-state index contributed by atoms with van der Waals surface area (Å²) in [5.74, 6) is -1.60. The van der Waals surface area contributed by atoms with Gasteiger partial charge in [-0.25, -0.2) is 4.79 Å². The standard InChI is InChI=1S/C32H36N4O6/c37-25-6-8-28(29(38)20-25)36-30(39)26-7-5-24(19-27(26)31(36)40)35-17-15-33(16-18-35)12-9-21-10-13-34(14-11-21)23-3-1-22(2-4-23)32(41)42/h1-5,7,19,21,28H,6,8-18,20H2,(H,41,42). The summed E-state index contributed by atoms with van der Waals surface area (Å²) in [5.41, 5.74) is 2.97. The summed E-state index contributed by atoms with van der Waals surface area (Å²) in [4.78, 5) is 69.5. The number of hydrogen-bond acceptors (Lipinski definition) is 8. The van der Waals surface area contributed by atoms with Crippen LogP contribution in [0.3, 0.4) is 0 Å². The van der Waals surface area contributed by atoms with Crippen LogP contribution in [-0.2, 0) is 9.59 Å². The first kappa shape index (κ1) is 28.1. The molecule has 4 aliphatic rings. The highest BCUT2D eigenvalue weighted by atomic mass is 16.4. The normalized spacial score (nSPS) is 22.2. The van der Waals surface area contributed by atoms with Crippen LogP contribution in [0.1, 0.15) is 69.6 Å². The molecule has 42 heavy (non-hydrogen) atoms. The summed E-state index contributed by atoms with van der Waals surface area (Å²) >= 11 is 0. The molecular weight excluding hydrogens is 536 g/mol. The molecule has 1 N–H and O–H groups in total. The summed E-state index contributed by atoms with van der Waals surface area (Å²) < 4.78 is 0. The Balaban J connectivity index is 0.977. The van der Waals surface area contributed by atoms with Gasteiger partial charge in [-0.15, -0.1) is 0 Å². The van der Waals surface area contributed by atoms with Crippen molar-refractivity contribution in [3.8, 4) is 0 Å². The molecule has 2 aromatic carbocycles. The molecule has 10 heteroatoms. The first-order valence-electron chi connectivity index (χ1n) is 14.9. The quantitative estimate of drug-likeness (QED) is 0.394. The van der Waals surface area contributed by atoms with E-state index >= 15 is 0 Å². The highest BCUT2D eigenvalue weighted by Gasteiger charge is 2.44. The number of aromatic carboxylic acids is 1. The van der Waals surface area contributed by atoms with Gasteiger partial charge in [0.1, 0.15) is 5.78 Å². The molecule has 0 radical (unpaired) electrons. The van der Waals surface area contributed by atoms with Crippen molar-refractivity contribution in [3.05, 3.63) is 59.2 Å². The van der Waals surface area contributed by atoms with Gasteiger partial charge in [-0.1, -0.05) is 0 Å². The Kier molecular flexibility index (Phi) is 7.81. The predicted octanol–water partition coefficient (Wildman–Crippen LogP) is 3.10. The minimum atomic E-state index is -0.902. The summed E-state index contributed by atoms with van der Waals surface area (Å²) in [6.07, 6.45) is 3.62. The first-order valence-corrected chi connectivity index (χ1v) is 14.9. The van der Waals surface area contributed by atoms with Crippen LogP contribution >= 0.6 is 0 Å². The molecule has 0 spiro atoms. The van der Waals surface area contributed by atoms with Crippen molar-refractivity contribution in [1.82, 2.24) is 9.80 Å². The molecular formula is C32H36N4O6. The minimum Gasteiger partial charge on any atom is -0.478 e. The van der Waals surface area contributed by atoms with Crippen molar-refractivity contribution >= 4 is 40.7 Å². The van der Waals surface area contributed by atoms with Crippen LogP contribution in [0.2, 0.25) is 0 Å². The third-order valence-electron chi connectivity index (χ3n) is 9.34. The molecule has 6 rings (SSSR count). The molecule has 3 fully saturated rings. The number of carboxylic acids is 1. The number of ketones is 2. The van der Waals surface area contributed by atoms with Gasteiger partial charge in [0.2, 0.25) is 0 Å². The van der Waals surface area contributed by atoms with Crippen molar-refractivity contribution in [2.24, 2.45) is 5.92 Å². The van der Waals surface area contributed by atoms with Gasteiger partial charge >= 0.3 is 5.97 Å². The number of piperidine rings is 1. The SMILES string of the molecule is O=C1CCC(N2C(=O)c3ccc(N4CCN(CCC5CCN(c6ccc(C(=O)O)cc6)CC5)CC4)cc3C2=O)C(=O)C1. The number of rotatable bonds is 7. The molecule has 0 aromatic heterocycles. The van der Waals surface area contributed by atoms with Gasteiger partial charge in [0.15, 0.2) is 5.78 Å². The van der Waals surface area contributed by atoms with Gasteiger partial charge in [0.05, 0.1) is 29.2 Å². The largest absolute Gasteiger partial charge is 0.478 e. The number of piperazine rings is 1. The summed E-state index contributed by atoms with van der Waals surface area (Å²) in [6.45, 7) is 6.53. The zero-order valence-electron chi connectivity index (χ0n) is 23.7. The second-order valence-corrected chi connectivity index (χ2v) is 11.8. The van der Waals surface area contributed by atoms with Crippen LogP contribution in [0.15, 0.2) is 42.5 Å². The summed E-state index contributed by atoms with van der Waals surface area (Å²) in [5, 5.41) is 9.11. The Morgan fingerprint density at radius 1 is 0.762 bits per heavy atom. The molecule has 1 saturated carbocycles. The van der Waals surface area contributed by atoms with E-state index in [-0.39, 0.29) is 30.8 Å². The number of carbonyl (C=O) groups is 5. The van der Waals surface area contributed by atoms with Crippen LogP contribution in [-0.4, -0.2) is 96.1 Å². The van der Waals surface area contributed by atoms with Gasteiger partial charge in [-0.05, 0) is 80.6 Å². The monoisotopic (exact) mass is 572 g/mol. The minimum absolute atomic E-state index is 0.137. The third kappa shape index (κ3) is 5.55. The van der Waals surface area contributed by atoms with Gasteiger partial charge in [-0.2, -0.15) is 0 Å². The number of anilines is 2. The van der Waals surface area contributed by atoms with Gasteiger partial charge in [-0.3, -0.25) is 29.0 Å². The van der Waals surface area contributed by atoms with E-state index in [1.54, 1.807) is 24.3 Å². The number of benzene rings is 2. The Bertz CT molecular complexity index is 1410. The molecule has 1 atom stereocenters. The maximum atomic E-state index is 13.2. The smallest absolute Gasteiger partial charge is 0.335 e.